The highest BCUT2D eigenvalue weighted by molar-refractivity contribution is 9.10. The molecule has 0 spiro atoms. The summed E-state index contributed by atoms with van der Waals surface area (Å²) in [6.07, 6.45) is 9.61. The van der Waals surface area contributed by atoms with Gasteiger partial charge in [0.05, 0.1) is 0 Å². The Morgan fingerprint density at radius 2 is 1.69 bits per heavy atom. The van der Waals surface area contributed by atoms with E-state index in [9.17, 15) is 19.2 Å². The van der Waals surface area contributed by atoms with Crippen LogP contribution in [-0.4, -0.2) is 52.6 Å². The molecule has 1 saturated carbocycles. The molecule has 3 N–H and O–H groups in total. The van der Waals surface area contributed by atoms with Crippen LogP contribution in [0.4, 0.5) is 0 Å². The first-order valence-electron chi connectivity index (χ1n) is 14.2. The van der Waals surface area contributed by atoms with Gasteiger partial charge in [-0.1, -0.05) is 89.2 Å². The molecule has 1 heterocycles. The minimum atomic E-state index is -1.03. The third kappa shape index (κ3) is 11.1. The van der Waals surface area contributed by atoms with Crippen LogP contribution in [-0.2, 0) is 25.6 Å². The number of hydrogen-bond donors (Lipinski definition) is 3. The molecule has 1 saturated heterocycles. The van der Waals surface area contributed by atoms with Crippen molar-refractivity contribution in [3.05, 3.63) is 34.3 Å². The van der Waals surface area contributed by atoms with Crippen molar-refractivity contribution < 1.29 is 19.2 Å². The first-order chi connectivity index (χ1) is 18.7. The number of rotatable bonds is 14. The Hall–Kier alpha value is -1.52. The van der Waals surface area contributed by atoms with E-state index in [0.717, 1.165) is 61.4 Å². The summed E-state index contributed by atoms with van der Waals surface area (Å²) >= 11 is 3.41. The monoisotopic (exact) mass is 639 g/mol. The van der Waals surface area contributed by atoms with E-state index in [1.54, 1.807) is 0 Å². The number of benzene rings is 1. The fourth-order valence-corrected chi connectivity index (χ4v) is 8.28. The summed E-state index contributed by atoms with van der Waals surface area (Å²) in [5.41, 5.74) is 0.825. The first-order valence-corrected chi connectivity index (χ1v) is 17.4. The topological polar surface area (TPSA) is 104 Å². The number of nitrogens with one attached hydrogen (secondary N) is 3. The summed E-state index contributed by atoms with van der Waals surface area (Å²) in [6, 6.07) is 5.63. The van der Waals surface area contributed by atoms with Gasteiger partial charge >= 0.3 is 0 Å². The van der Waals surface area contributed by atoms with Crippen LogP contribution in [0.3, 0.4) is 0 Å². The second kappa shape index (κ2) is 16.7. The largest absolute Gasteiger partial charge is 0.347 e. The maximum Gasteiger partial charge on any atom is 0.289 e. The summed E-state index contributed by atoms with van der Waals surface area (Å²) in [6.45, 7) is 3.72. The lowest BCUT2D eigenvalue weighted by Gasteiger charge is -2.26. The van der Waals surface area contributed by atoms with Crippen LogP contribution in [0.2, 0.25) is 0 Å². The van der Waals surface area contributed by atoms with Crippen LogP contribution < -0.4 is 16.0 Å². The second-order valence-electron chi connectivity index (χ2n) is 10.9. The summed E-state index contributed by atoms with van der Waals surface area (Å²) in [7, 11) is 3.87. The Kier molecular flexibility index (Phi) is 13.7. The number of hydrogen-bond acceptors (Lipinski definition) is 6. The van der Waals surface area contributed by atoms with Crippen molar-refractivity contribution in [3.8, 4) is 0 Å². The maximum atomic E-state index is 13.4. The van der Waals surface area contributed by atoms with Crippen LogP contribution in [0.5, 0.6) is 0 Å². The fourth-order valence-electron chi connectivity index (χ4n) is 4.99. The van der Waals surface area contributed by atoms with E-state index in [2.05, 4.69) is 31.9 Å². The van der Waals surface area contributed by atoms with Gasteiger partial charge in [0.25, 0.3) is 5.91 Å². The minimum Gasteiger partial charge on any atom is -0.347 e. The molecule has 10 heteroatoms. The number of carbonyl (C=O) groups excluding carboxylic acids is 4. The average molecular weight is 641 g/mol. The van der Waals surface area contributed by atoms with Gasteiger partial charge in [-0.25, -0.2) is 0 Å². The molecule has 1 aromatic rings. The van der Waals surface area contributed by atoms with Crippen molar-refractivity contribution in [1.82, 2.24) is 16.0 Å². The molecule has 0 aromatic heterocycles. The van der Waals surface area contributed by atoms with Crippen molar-refractivity contribution in [2.75, 3.05) is 5.75 Å². The molecule has 1 aliphatic heterocycles. The molecule has 1 unspecified atom stereocenters. The summed E-state index contributed by atoms with van der Waals surface area (Å²) < 4.78 is 0.900. The third-order valence-corrected chi connectivity index (χ3v) is 10.9. The smallest absolute Gasteiger partial charge is 0.289 e. The second-order valence-corrected chi connectivity index (χ2v) is 14.6. The molecule has 0 bridgehead atoms. The van der Waals surface area contributed by atoms with Crippen LogP contribution in [0.25, 0.3) is 0 Å². The van der Waals surface area contributed by atoms with Crippen LogP contribution in [0, 0.1) is 5.92 Å². The van der Waals surface area contributed by atoms with E-state index in [-0.39, 0.29) is 24.3 Å². The van der Waals surface area contributed by atoms with Gasteiger partial charge in [0.2, 0.25) is 17.6 Å². The molecule has 216 valence electrons. The standard InChI is InChI=1S/C29H42BrN3O4S2/c1-19(2)26(33-25(34)11-7-6-10-23-16-17-38-39-23)28(36)32-24(18-20-12-14-21(30)15-13-20)27(35)29(37)31-22-8-4-3-5-9-22/h12-15,19,22-24,26H,3-11,16-18H2,1-2H3,(H,31,37)(H,32,36)(H,33,34)/t23?,24-,26-/m0/s1. The fraction of sp³-hybridized carbons (Fsp3) is 0.655. The highest BCUT2D eigenvalue weighted by atomic mass is 79.9. The van der Waals surface area contributed by atoms with Crippen molar-refractivity contribution in [2.24, 2.45) is 5.92 Å². The molecule has 3 rings (SSSR count). The minimum absolute atomic E-state index is 0.00653. The predicted octanol–water partition coefficient (Wildman–Crippen LogP) is 5.35. The number of Topliss-reactive ketones (excluding diaryl/α,β-unsaturated/α-hetero) is 1. The lowest BCUT2D eigenvalue weighted by molar-refractivity contribution is -0.141. The van der Waals surface area contributed by atoms with Gasteiger partial charge in [-0.3, -0.25) is 19.2 Å². The summed E-state index contributed by atoms with van der Waals surface area (Å²) in [4.78, 5) is 52.3. The Morgan fingerprint density at radius 1 is 0.974 bits per heavy atom. The molecule has 1 aliphatic carbocycles. The molecular formula is C29H42BrN3O4S2. The number of ketones is 1. The zero-order valence-electron chi connectivity index (χ0n) is 23.0. The van der Waals surface area contributed by atoms with Gasteiger partial charge in [-0.2, -0.15) is 0 Å². The zero-order chi connectivity index (χ0) is 28.2. The van der Waals surface area contributed by atoms with Gasteiger partial charge in [0, 0.05) is 34.4 Å². The molecule has 0 radical (unpaired) electrons. The first kappa shape index (κ1) is 32.0. The van der Waals surface area contributed by atoms with Gasteiger partial charge in [-0.05, 0) is 55.7 Å². The highest BCUT2D eigenvalue weighted by Gasteiger charge is 2.32. The highest BCUT2D eigenvalue weighted by Crippen LogP contribution is 2.39. The number of amides is 3. The van der Waals surface area contributed by atoms with E-state index in [1.807, 2.05) is 59.7 Å². The van der Waals surface area contributed by atoms with Crippen molar-refractivity contribution in [2.45, 2.75) is 108 Å². The molecular weight excluding hydrogens is 598 g/mol. The Bertz CT molecular complexity index is 964. The van der Waals surface area contributed by atoms with E-state index in [1.165, 1.54) is 12.2 Å². The molecule has 1 aromatic carbocycles. The molecule has 7 nitrogen and oxygen atoms in total. The van der Waals surface area contributed by atoms with Crippen LogP contribution in [0.15, 0.2) is 28.7 Å². The maximum absolute atomic E-state index is 13.4. The van der Waals surface area contributed by atoms with E-state index in [0.29, 0.717) is 11.7 Å². The SMILES string of the molecule is CC(C)[C@H](NC(=O)CCCCC1CCSS1)C(=O)N[C@@H](Cc1ccc(Br)cc1)C(=O)C(=O)NC1CCCCC1. The predicted molar refractivity (Wildman–Crippen MR) is 163 cm³/mol. The van der Waals surface area contributed by atoms with Gasteiger partial charge in [-0.15, -0.1) is 0 Å². The zero-order valence-corrected chi connectivity index (χ0v) is 26.2. The van der Waals surface area contributed by atoms with Crippen molar-refractivity contribution >= 4 is 61.0 Å². The number of carbonyl (C=O) groups is 4. The molecule has 39 heavy (non-hydrogen) atoms. The van der Waals surface area contributed by atoms with E-state index in [4.69, 9.17) is 0 Å². The number of unbranched alkanes of at least 4 members (excludes halogenated alkanes) is 1. The summed E-state index contributed by atoms with van der Waals surface area (Å²) in [5, 5.41) is 9.25. The third-order valence-electron chi connectivity index (χ3n) is 7.32. The average Bonchev–Trinajstić information content (AvgIpc) is 3.44. The lowest BCUT2D eigenvalue weighted by Crippen LogP contribution is -2.56. The quantitative estimate of drug-likeness (QED) is 0.144. The van der Waals surface area contributed by atoms with Crippen molar-refractivity contribution in [1.29, 1.82) is 0 Å². The van der Waals surface area contributed by atoms with Gasteiger partial charge in [0.1, 0.15) is 12.1 Å². The Balaban J connectivity index is 1.60. The van der Waals surface area contributed by atoms with Crippen LogP contribution >= 0.6 is 37.5 Å². The van der Waals surface area contributed by atoms with Gasteiger partial charge in [0.15, 0.2) is 0 Å². The molecule has 3 atom stereocenters. The van der Waals surface area contributed by atoms with Gasteiger partial charge < -0.3 is 16.0 Å². The number of halogens is 1. The normalized spacial score (nSPS) is 19.3. The Morgan fingerprint density at radius 3 is 2.33 bits per heavy atom. The Labute approximate surface area is 249 Å². The molecule has 3 amide bonds. The van der Waals surface area contributed by atoms with Crippen LogP contribution in [0.1, 0.15) is 83.6 Å². The molecule has 2 aliphatic rings. The van der Waals surface area contributed by atoms with E-state index < -0.39 is 29.7 Å². The molecule has 2 fully saturated rings. The van der Waals surface area contributed by atoms with E-state index >= 15 is 0 Å². The lowest BCUT2D eigenvalue weighted by atomic mass is 9.94. The van der Waals surface area contributed by atoms with Crippen molar-refractivity contribution in [3.63, 3.8) is 0 Å². The summed E-state index contributed by atoms with van der Waals surface area (Å²) in [5.74, 6) is -0.904.